The molecule has 1 unspecified atom stereocenters. The lowest BCUT2D eigenvalue weighted by Crippen LogP contribution is -2.14. The minimum Gasteiger partial charge on any atom is -0.311 e. The standard InChI is InChI=1S/C9H13N5S/c1-3-6(10-2)8-13-14-9(15-8)7-4-5-11-12-7/h4-6,10H,3H2,1-2H3,(H,11,12). The number of hydrogen-bond acceptors (Lipinski definition) is 5. The van der Waals surface area contributed by atoms with Gasteiger partial charge in [-0.25, -0.2) is 0 Å². The molecule has 0 fully saturated rings. The molecule has 0 saturated carbocycles. The lowest BCUT2D eigenvalue weighted by atomic mass is 10.2. The molecule has 2 N–H and O–H groups in total. The first-order chi connectivity index (χ1) is 7.35. The van der Waals surface area contributed by atoms with E-state index in [0.29, 0.717) is 6.04 Å². The summed E-state index contributed by atoms with van der Waals surface area (Å²) in [5.41, 5.74) is 0.921. The Morgan fingerprint density at radius 3 is 3.00 bits per heavy atom. The topological polar surface area (TPSA) is 66.5 Å². The highest BCUT2D eigenvalue weighted by Gasteiger charge is 2.14. The zero-order chi connectivity index (χ0) is 10.7. The number of H-pyrrole nitrogens is 1. The third-order valence-electron chi connectivity index (χ3n) is 2.23. The molecule has 0 saturated heterocycles. The average Bonchev–Trinajstić information content (AvgIpc) is 2.89. The molecule has 2 aromatic heterocycles. The maximum Gasteiger partial charge on any atom is 0.165 e. The van der Waals surface area contributed by atoms with Crippen LogP contribution in [0.1, 0.15) is 24.4 Å². The number of aromatic nitrogens is 4. The predicted octanol–water partition coefficient (Wildman–Crippen LogP) is 1.60. The van der Waals surface area contributed by atoms with Gasteiger partial charge in [-0.1, -0.05) is 18.3 Å². The lowest BCUT2D eigenvalue weighted by Gasteiger charge is -2.07. The van der Waals surface area contributed by atoms with Crippen molar-refractivity contribution in [2.45, 2.75) is 19.4 Å². The molecule has 0 radical (unpaired) electrons. The van der Waals surface area contributed by atoms with Gasteiger partial charge in [0.2, 0.25) is 0 Å². The first-order valence-corrected chi connectivity index (χ1v) is 5.67. The van der Waals surface area contributed by atoms with Gasteiger partial charge < -0.3 is 5.32 Å². The van der Waals surface area contributed by atoms with Gasteiger partial charge in [-0.05, 0) is 19.5 Å². The van der Waals surface area contributed by atoms with Gasteiger partial charge in [0.1, 0.15) is 5.01 Å². The van der Waals surface area contributed by atoms with Crippen molar-refractivity contribution in [2.75, 3.05) is 7.05 Å². The second kappa shape index (κ2) is 4.50. The molecule has 5 nitrogen and oxygen atoms in total. The van der Waals surface area contributed by atoms with Crippen molar-refractivity contribution in [3.63, 3.8) is 0 Å². The molecular weight excluding hydrogens is 210 g/mol. The average molecular weight is 223 g/mol. The SMILES string of the molecule is CCC(NC)c1nnc(-c2ccn[nH]2)s1. The van der Waals surface area contributed by atoms with E-state index in [0.717, 1.165) is 22.1 Å². The molecule has 2 rings (SSSR count). The monoisotopic (exact) mass is 223 g/mol. The Labute approximate surface area is 91.9 Å². The van der Waals surface area contributed by atoms with Crippen molar-refractivity contribution in [1.82, 2.24) is 25.7 Å². The van der Waals surface area contributed by atoms with Gasteiger partial charge in [-0.2, -0.15) is 5.10 Å². The van der Waals surface area contributed by atoms with E-state index in [1.807, 2.05) is 13.1 Å². The molecule has 2 aromatic rings. The van der Waals surface area contributed by atoms with Crippen molar-refractivity contribution in [1.29, 1.82) is 0 Å². The van der Waals surface area contributed by atoms with Crippen LogP contribution in [-0.2, 0) is 0 Å². The molecule has 0 amide bonds. The van der Waals surface area contributed by atoms with E-state index in [-0.39, 0.29) is 0 Å². The van der Waals surface area contributed by atoms with E-state index in [1.165, 1.54) is 0 Å². The van der Waals surface area contributed by atoms with Crippen molar-refractivity contribution < 1.29 is 0 Å². The zero-order valence-corrected chi connectivity index (χ0v) is 9.51. The fourth-order valence-corrected chi connectivity index (χ4v) is 2.37. The minimum absolute atomic E-state index is 0.291. The van der Waals surface area contributed by atoms with Crippen LogP contribution < -0.4 is 5.32 Å². The largest absolute Gasteiger partial charge is 0.311 e. The summed E-state index contributed by atoms with van der Waals surface area (Å²) < 4.78 is 0. The van der Waals surface area contributed by atoms with E-state index in [4.69, 9.17) is 0 Å². The summed E-state index contributed by atoms with van der Waals surface area (Å²) in [4.78, 5) is 0. The number of aromatic amines is 1. The fraction of sp³-hybridized carbons (Fsp3) is 0.444. The Morgan fingerprint density at radius 2 is 2.40 bits per heavy atom. The van der Waals surface area contributed by atoms with Gasteiger partial charge in [-0.3, -0.25) is 5.10 Å². The summed E-state index contributed by atoms with van der Waals surface area (Å²) in [6, 6.07) is 2.18. The molecule has 15 heavy (non-hydrogen) atoms. The Morgan fingerprint density at radius 1 is 1.53 bits per heavy atom. The van der Waals surface area contributed by atoms with Crippen LogP contribution in [0.25, 0.3) is 10.7 Å². The zero-order valence-electron chi connectivity index (χ0n) is 8.69. The summed E-state index contributed by atoms with van der Waals surface area (Å²) in [6.45, 7) is 2.12. The first kappa shape index (κ1) is 10.3. The predicted molar refractivity (Wildman–Crippen MR) is 59.6 cm³/mol. The molecular formula is C9H13N5S. The second-order valence-electron chi connectivity index (χ2n) is 3.17. The molecule has 1 atom stereocenters. The molecule has 0 aliphatic carbocycles. The lowest BCUT2D eigenvalue weighted by molar-refractivity contribution is 0.568. The highest BCUT2D eigenvalue weighted by atomic mass is 32.1. The van der Waals surface area contributed by atoms with Gasteiger partial charge in [0.05, 0.1) is 11.7 Å². The van der Waals surface area contributed by atoms with Crippen LogP contribution in [0.15, 0.2) is 12.3 Å². The van der Waals surface area contributed by atoms with Gasteiger partial charge in [0.15, 0.2) is 5.01 Å². The summed E-state index contributed by atoms with van der Waals surface area (Å²) in [7, 11) is 1.94. The maximum absolute atomic E-state index is 4.17. The van der Waals surface area contributed by atoms with Crippen LogP contribution in [0.3, 0.4) is 0 Å². The number of hydrogen-bond donors (Lipinski definition) is 2. The third-order valence-corrected chi connectivity index (χ3v) is 3.30. The summed E-state index contributed by atoms with van der Waals surface area (Å²) in [5.74, 6) is 0. The molecule has 0 aromatic carbocycles. The third kappa shape index (κ3) is 2.05. The van der Waals surface area contributed by atoms with Crippen molar-refractivity contribution in [3.8, 4) is 10.7 Å². The molecule has 2 heterocycles. The maximum atomic E-state index is 4.17. The molecule has 0 bridgehead atoms. The van der Waals surface area contributed by atoms with Crippen molar-refractivity contribution in [2.24, 2.45) is 0 Å². The fourth-order valence-electron chi connectivity index (χ4n) is 1.36. The Bertz CT molecular complexity index is 404. The first-order valence-electron chi connectivity index (χ1n) is 4.85. The Kier molecular flexibility index (Phi) is 3.08. The van der Waals surface area contributed by atoms with Crippen molar-refractivity contribution in [3.05, 3.63) is 17.3 Å². The summed E-state index contributed by atoms with van der Waals surface area (Å²) in [5, 5.41) is 20.2. The van der Waals surface area contributed by atoms with Gasteiger partial charge in [0, 0.05) is 6.20 Å². The molecule has 0 aliphatic heterocycles. The normalized spacial score (nSPS) is 12.9. The smallest absolute Gasteiger partial charge is 0.165 e. The van der Waals surface area contributed by atoms with Crippen LogP contribution in [0.4, 0.5) is 0 Å². The Balaban J connectivity index is 2.24. The van der Waals surface area contributed by atoms with E-state index < -0.39 is 0 Å². The van der Waals surface area contributed by atoms with E-state index in [1.54, 1.807) is 17.5 Å². The highest BCUT2D eigenvalue weighted by Crippen LogP contribution is 2.26. The molecule has 80 valence electrons. The van der Waals surface area contributed by atoms with Gasteiger partial charge in [-0.15, -0.1) is 10.2 Å². The minimum atomic E-state index is 0.291. The van der Waals surface area contributed by atoms with Crippen molar-refractivity contribution >= 4 is 11.3 Å². The molecule has 6 heteroatoms. The second-order valence-corrected chi connectivity index (χ2v) is 4.17. The molecule has 0 spiro atoms. The van der Waals surface area contributed by atoms with Crippen LogP contribution in [0, 0.1) is 0 Å². The van der Waals surface area contributed by atoms with Crippen LogP contribution in [0.2, 0.25) is 0 Å². The summed E-state index contributed by atoms with van der Waals surface area (Å²) >= 11 is 1.59. The number of nitrogens with one attached hydrogen (secondary N) is 2. The number of nitrogens with zero attached hydrogens (tertiary/aromatic N) is 3. The van der Waals surface area contributed by atoms with E-state index >= 15 is 0 Å². The Hall–Kier alpha value is -1.27. The highest BCUT2D eigenvalue weighted by molar-refractivity contribution is 7.14. The van der Waals surface area contributed by atoms with Crippen LogP contribution in [-0.4, -0.2) is 27.4 Å². The van der Waals surface area contributed by atoms with Crippen LogP contribution in [0.5, 0.6) is 0 Å². The van der Waals surface area contributed by atoms with E-state index in [2.05, 4.69) is 32.6 Å². The van der Waals surface area contributed by atoms with Gasteiger partial charge in [0.25, 0.3) is 0 Å². The van der Waals surface area contributed by atoms with E-state index in [9.17, 15) is 0 Å². The summed E-state index contributed by atoms with van der Waals surface area (Å²) in [6.07, 6.45) is 2.72. The van der Waals surface area contributed by atoms with Crippen LogP contribution >= 0.6 is 11.3 Å². The molecule has 0 aliphatic rings. The number of rotatable bonds is 4. The van der Waals surface area contributed by atoms with Gasteiger partial charge >= 0.3 is 0 Å². The quantitative estimate of drug-likeness (QED) is 0.826.